The van der Waals surface area contributed by atoms with Crippen molar-refractivity contribution in [1.82, 2.24) is 24.7 Å². The second-order valence-corrected chi connectivity index (χ2v) is 9.23. The first kappa shape index (κ1) is 26.4. The minimum absolute atomic E-state index is 0.249. The van der Waals surface area contributed by atoms with Gasteiger partial charge in [-0.1, -0.05) is 30.3 Å². The molecule has 11 heteroatoms. The zero-order valence-corrected chi connectivity index (χ0v) is 22.8. The van der Waals surface area contributed by atoms with Crippen molar-refractivity contribution in [3.8, 4) is 11.5 Å². The number of para-hydroxylation sites is 1. The minimum atomic E-state index is 0.249. The second kappa shape index (κ2) is 12.6. The summed E-state index contributed by atoms with van der Waals surface area (Å²) in [5.41, 5.74) is 4.34. The van der Waals surface area contributed by atoms with Crippen LogP contribution in [0.2, 0.25) is 0 Å². The van der Waals surface area contributed by atoms with Gasteiger partial charge < -0.3 is 15.4 Å². The lowest BCUT2D eigenvalue weighted by Crippen LogP contribution is -2.26. The number of nitrogens with zero attached hydrogens (tertiary/aromatic N) is 6. The molecule has 5 aromatic rings. The number of rotatable bonds is 7. The van der Waals surface area contributed by atoms with Crippen molar-refractivity contribution in [3.63, 3.8) is 0 Å². The van der Waals surface area contributed by atoms with Crippen molar-refractivity contribution in [2.24, 2.45) is 4.99 Å². The zero-order valence-electron chi connectivity index (χ0n) is 21.9. The van der Waals surface area contributed by atoms with Gasteiger partial charge in [0.1, 0.15) is 24.2 Å². The van der Waals surface area contributed by atoms with Gasteiger partial charge in [-0.2, -0.15) is 10.1 Å². The Morgan fingerprint density at radius 2 is 1.48 bits per heavy atom. The first-order valence-corrected chi connectivity index (χ1v) is 12.9. The largest absolute Gasteiger partial charge is 0.457 e. The Morgan fingerprint density at radius 3 is 2.15 bits per heavy atom. The van der Waals surface area contributed by atoms with E-state index >= 15 is 0 Å². The van der Waals surface area contributed by atoms with Gasteiger partial charge in [-0.05, 0) is 86.2 Å². The molecule has 0 spiro atoms. The van der Waals surface area contributed by atoms with Gasteiger partial charge in [0.15, 0.2) is 0 Å². The molecule has 0 radical (unpaired) electrons. The quantitative estimate of drug-likeness (QED) is 0.132. The number of aryl methyl sites for hydroxylation is 2. The Balaban J connectivity index is 1.29. The molecular formula is C29H27N9OS. The molecule has 10 nitrogen and oxygen atoms in total. The predicted octanol–water partition coefficient (Wildman–Crippen LogP) is 5.80. The summed E-state index contributed by atoms with van der Waals surface area (Å²) in [6, 6.07) is 26.9. The van der Waals surface area contributed by atoms with Crippen LogP contribution in [0.3, 0.4) is 0 Å². The molecule has 200 valence electrons. The van der Waals surface area contributed by atoms with E-state index in [1.54, 1.807) is 11.0 Å². The van der Waals surface area contributed by atoms with Crippen molar-refractivity contribution in [1.29, 1.82) is 0 Å². The van der Waals surface area contributed by atoms with E-state index in [-0.39, 0.29) is 5.11 Å². The first-order valence-electron chi connectivity index (χ1n) is 12.5. The highest BCUT2D eigenvalue weighted by Gasteiger charge is 2.08. The van der Waals surface area contributed by atoms with Crippen LogP contribution in [-0.4, -0.2) is 35.8 Å². The van der Waals surface area contributed by atoms with Crippen LogP contribution < -0.4 is 20.7 Å². The van der Waals surface area contributed by atoms with Gasteiger partial charge in [0, 0.05) is 22.8 Å². The molecule has 0 saturated heterocycles. The molecule has 0 aliphatic carbocycles. The van der Waals surface area contributed by atoms with Crippen molar-refractivity contribution >= 4 is 40.6 Å². The van der Waals surface area contributed by atoms with Crippen LogP contribution in [0.4, 0.5) is 17.3 Å². The number of nitrogens with one attached hydrogen (secondary N) is 3. The standard InChI is InChI=1S/C29H27N9OS/c1-20-16-21(2)33-27(32-20)36-28(34-23-10-8-22(9-11-23)17-38-19-30-18-31-38)37-29(40)35-24-12-14-26(15-13-24)39-25-6-4-3-5-7-25/h3-16,18-19H,17H2,1-2H3,(H3,32,33,34,35,36,37,40). The summed E-state index contributed by atoms with van der Waals surface area (Å²) in [6.45, 7) is 4.45. The van der Waals surface area contributed by atoms with Crippen LogP contribution in [0.5, 0.6) is 11.5 Å². The Labute approximate surface area is 237 Å². The van der Waals surface area contributed by atoms with Crippen molar-refractivity contribution in [3.05, 3.63) is 115 Å². The molecule has 0 bridgehead atoms. The third kappa shape index (κ3) is 7.68. The summed E-state index contributed by atoms with van der Waals surface area (Å²) in [5.74, 6) is 2.27. The third-order valence-electron chi connectivity index (χ3n) is 5.54. The van der Waals surface area contributed by atoms with E-state index in [9.17, 15) is 0 Å². The van der Waals surface area contributed by atoms with Gasteiger partial charge in [0.25, 0.3) is 0 Å². The maximum atomic E-state index is 5.86. The normalized spacial score (nSPS) is 11.1. The third-order valence-corrected chi connectivity index (χ3v) is 5.73. The number of benzene rings is 3. The summed E-state index contributed by atoms with van der Waals surface area (Å²) in [4.78, 5) is 17.5. The summed E-state index contributed by atoms with van der Waals surface area (Å²) in [7, 11) is 0. The lowest BCUT2D eigenvalue weighted by atomic mass is 10.2. The van der Waals surface area contributed by atoms with Crippen LogP contribution >= 0.6 is 12.2 Å². The lowest BCUT2D eigenvalue weighted by molar-refractivity contribution is 0.483. The molecule has 0 fully saturated rings. The maximum absolute atomic E-state index is 5.86. The molecule has 40 heavy (non-hydrogen) atoms. The molecule has 0 saturated carbocycles. The van der Waals surface area contributed by atoms with Crippen LogP contribution in [0, 0.1) is 13.8 Å². The molecule has 0 aliphatic heterocycles. The highest BCUT2D eigenvalue weighted by Crippen LogP contribution is 2.22. The van der Waals surface area contributed by atoms with Crippen LogP contribution in [0.25, 0.3) is 0 Å². The number of ether oxygens (including phenoxy) is 1. The predicted molar refractivity (Wildman–Crippen MR) is 161 cm³/mol. The molecule has 5 rings (SSSR count). The average Bonchev–Trinajstić information content (AvgIpc) is 3.44. The van der Waals surface area contributed by atoms with Crippen molar-refractivity contribution in [2.75, 3.05) is 16.0 Å². The summed E-state index contributed by atoms with van der Waals surface area (Å²) in [6.07, 6.45) is 3.20. The van der Waals surface area contributed by atoms with E-state index in [4.69, 9.17) is 17.0 Å². The van der Waals surface area contributed by atoms with Gasteiger partial charge >= 0.3 is 0 Å². The number of guanidine groups is 1. The van der Waals surface area contributed by atoms with Crippen LogP contribution in [0.1, 0.15) is 17.0 Å². The SMILES string of the molecule is Cc1cc(C)nc(N/C(=N/C(=S)Nc2ccc(Oc3ccccc3)cc2)Nc2ccc(Cn3cncn3)cc2)n1. The fourth-order valence-electron chi connectivity index (χ4n) is 3.79. The number of hydrogen-bond acceptors (Lipinski definition) is 6. The Morgan fingerprint density at radius 1 is 0.825 bits per heavy atom. The molecule has 0 amide bonds. The minimum Gasteiger partial charge on any atom is -0.457 e. The lowest BCUT2D eigenvalue weighted by Gasteiger charge is -2.14. The smallest absolute Gasteiger partial charge is 0.229 e. The molecule has 0 atom stereocenters. The number of aliphatic imine (C=N–C) groups is 1. The second-order valence-electron chi connectivity index (χ2n) is 8.84. The van der Waals surface area contributed by atoms with Gasteiger partial charge in [-0.3, -0.25) is 5.32 Å². The number of hydrogen-bond donors (Lipinski definition) is 3. The van der Waals surface area contributed by atoms with Gasteiger partial charge in [0.2, 0.25) is 17.0 Å². The summed E-state index contributed by atoms with van der Waals surface area (Å²) in [5, 5.41) is 14.0. The monoisotopic (exact) mass is 549 g/mol. The molecule has 2 heterocycles. The topological polar surface area (TPSA) is 114 Å². The number of anilines is 3. The van der Waals surface area contributed by atoms with Crippen LogP contribution in [-0.2, 0) is 6.54 Å². The highest BCUT2D eigenvalue weighted by atomic mass is 32.1. The zero-order chi connectivity index (χ0) is 27.7. The molecule has 3 aromatic carbocycles. The highest BCUT2D eigenvalue weighted by molar-refractivity contribution is 7.80. The molecule has 0 aliphatic rings. The van der Waals surface area contributed by atoms with Gasteiger partial charge in [-0.25, -0.2) is 19.6 Å². The first-order chi connectivity index (χ1) is 19.5. The van der Waals surface area contributed by atoms with Crippen molar-refractivity contribution in [2.45, 2.75) is 20.4 Å². The molecular weight excluding hydrogens is 522 g/mol. The van der Waals surface area contributed by atoms with E-state index in [0.29, 0.717) is 18.5 Å². The molecule has 0 unspecified atom stereocenters. The maximum Gasteiger partial charge on any atom is 0.229 e. The summed E-state index contributed by atoms with van der Waals surface area (Å²) < 4.78 is 7.63. The number of thiocarbonyl (C=S) groups is 1. The fourth-order valence-corrected chi connectivity index (χ4v) is 4.00. The van der Waals surface area contributed by atoms with E-state index in [1.165, 1.54) is 6.33 Å². The van der Waals surface area contributed by atoms with E-state index in [0.717, 1.165) is 39.8 Å². The Kier molecular flexibility index (Phi) is 8.32. The average molecular weight is 550 g/mol. The Hall–Kier alpha value is -5.16. The van der Waals surface area contributed by atoms with Crippen molar-refractivity contribution < 1.29 is 4.74 Å². The fraction of sp³-hybridized carbons (Fsp3) is 0.103. The Bertz CT molecular complexity index is 1570. The van der Waals surface area contributed by atoms with Crippen LogP contribution in [0.15, 0.2) is 103 Å². The number of aromatic nitrogens is 5. The van der Waals surface area contributed by atoms with Gasteiger partial charge in [0.05, 0.1) is 6.54 Å². The molecule has 3 N–H and O–H groups in total. The van der Waals surface area contributed by atoms with E-state index in [2.05, 4.69) is 41.0 Å². The van der Waals surface area contributed by atoms with E-state index in [1.807, 2.05) is 98.8 Å². The van der Waals surface area contributed by atoms with Gasteiger partial charge in [-0.15, -0.1) is 0 Å². The van der Waals surface area contributed by atoms with E-state index < -0.39 is 0 Å². The molecule has 2 aromatic heterocycles. The summed E-state index contributed by atoms with van der Waals surface area (Å²) >= 11 is 5.55.